The van der Waals surface area contributed by atoms with E-state index in [1.807, 2.05) is 18.2 Å². The molecule has 0 aliphatic heterocycles. The SMILES string of the molecule is COCCNc1ccc2ncnc(Nc3ccc(F)c(Cl)c3)c2c1. The first kappa shape index (κ1) is 16.4. The number of hydrogen-bond donors (Lipinski definition) is 2. The molecule has 2 N–H and O–H groups in total. The smallest absolute Gasteiger partial charge is 0.141 e. The standard InChI is InChI=1S/C17H16ClFN4O/c1-24-7-6-20-11-3-5-16-13(8-11)17(22-10-21-16)23-12-2-4-15(19)14(18)9-12/h2-5,8-10,20H,6-7H2,1H3,(H,21,22,23). The summed E-state index contributed by atoms with van der Waals surface area (Å²) in [6.07, 6.45) is 1.48. The first-order valence-electron chi connectivity index (χ1n) is 7.37. The maximum atomic E-state index is 13.3. The first-order chi connectivity index (χ1) is 11.7. The quantitative estimate of drug-likeness (QED) is 0.654. The van der Waals surface area contributed by atoms with Crippen LogP contribution in [0.25, 0.3) is 10.9 Å². The minimum Gasteiger partial charge on any atom is -0.383 e. The Morgan fingerprint density at radius 1 is 1.12 bits per heavy atom. The van der Waals surface area contributed by atoms with Gasteiger partial charge in [0.15, 0.2) is 0 Å². The highest BCUT2D eigenvalue weighted by Crippen LogP contribution is 2.27. The van der Waals surface area contributed by atoms with Crippen LogP contribution in [0.4, 0.5) is 21.6 Å². The molecule has 0 unspecified atom stereocenters. The first-order valence-corrected chi connectivity index (χ1v) is 7.75. The fourth-order valence-electron chi connectivity index (χ4n) is 2.27. The highest BCUT2D eigenvalue weighted by Gasteiger charge is 2.07. The van der Waals surface area contributed by atoms with Crippen molar-refractivity contribution < 1.29 is 9.13 Å². The molecule has 1 heterocycles. The van der Waals surface area contributed by atoms with Gasteiger partial charge in [0.05, 0.1) is 17.1 Å². The Morgan fingerprint density at radius 2 is 1.96 bits per heavy atom. The largest absolute Gasteiger partial charge is 0.383 e. The van der Waals surface area contributed by atoms with E-state index < -0.39 is 5.82 Å². The number of aromatic nitrogens is 2. The molecule has 2 aromatic carbocycles. The molecule has 0 amide bonds. The van der Waals surface area contributed by atoms with Gasteiger partial charge in [-0.3, -0.25) is 0 Å². The van der Waals surface area contributed by atoms with E-state index in [2.05, 4.69) is 20.6 Å². The summed E-state index contributed by atoms with van der Waals surface area (Å²) in [5.74, 6) is 0.164. The number of benzene rings is 2. The Labute approximate surface area is 143 Å². The van der Waals surface area contributed by atoms with Crippen LogP contribution in [-0.2, 0) is 4.74 Å². The molecular formula is C17H16ClFN4O. The number of halogens is 2. The van der Waals surface area contributed by atoms with Crippen LogP contribution in [0.5, 0.6) is 0 Å². The minimum absolute atomic E-state index is 0.0558. The average molecular weight is 347 g/mol. The van der Waals surface area contributed by atoms with Crippen LogP contribution in [-0.4, -0.2) is 30.2 Å². The molecular weight excluding hydrogens is 331 g/mol. The highest BCUT2D eigenvalue weighted by molar-refractivity contribution is 6.31. The number of anilines is 3. The summed E-state index contributed by atoms with van der Waals surface area (Å²) in [5.41, 5.74) is 2.40. The van der Waals surface area contributed by atoms with Crippen LogP contribution in [0.1, 0.15) is 0 Å². The Kier molecular flexibility index (Phi) is 5.08. The molecule has 0 radical (unpaired) electrons. The van der Waals surface area contributed by atoms with E-state index in [9.17, 15) is 4.39 Å². The van der Waals surface area contributed by atoms with E-state index in [-0.39, 0.29) is 5.02 Å². The van der Waals surface area contributed by atoms with Gasteiger partial charge >= 0.3 is 0 Å². The van der Waals surface area contributed by atoms with Gasteiger partial charge in [-0.2, -0.15) is 0 Å². The lowest BCUT2D eigenvalue weighted by Gasteiger charge is -2.11. The summed E-state index contributed by atoms with van der Waals surface area (Å²) in [5, 5.41) is 7.32. The molecule has 0 aliphatic rings. The maximum Gasteiger partial charge on any atom is 0.141 e. The monoisotopic (exact) mass is 346 g/mol. The zero-order valence-electron chi connectivity index (χ0n) is 13.0. The van der Waals surface area contributed by atoms with E-state index in [1.54, 1.807) is 13.2 Å². The molecule has 24 heavy (non-hydrogen) atoms. The van der Waals surface area contributed by atoms with Gasteiger partial charge in [-0.1, -0.05) is 11.6 Å². The van der Waals surface area contributed by atoms with Crippen molar-refractivity contribution in [1.29, 1.82) is 0 Å². The zero-order chi connectivity index (χ0) is 16.9. The molecule has 1 aromatic heterocycles. The van der Waals surface area contributed by atoms with Gasteiger partial charge in [0, 0.05) is 30.4 Å². The summed E-state index contributed by atoms with van der Waals surface area (Å²) < 4.78 is 18.3. The molecule has 3 rings (SSSR count). The van der Waals surface area contributed by atoms with E-state index in [0.29, 0.717) is 24.7 Å². The lowest BCUT2D eigenvalue weighted by Crippen LogP contribution is -2.07. The summed E-state index contributed by atoms with van der Waals surface area (Å²) in [7, 11) is 1.66. The number of fused-ring (bicyclic) bond motifs is 1. The summed E-state index contributed by atoms with van der Waals surface area (Å²) >= 11 is 5.82. The fraction of sp³-hybridized carbons (Fsp3) is 0.176. The van der Waals surface area contributed by atoms with Crippen molar-refractivity contribution in [1.82, 2.24) is 9.97 Å². The van der Waals surface area contributed by atoms with Gasteiger partial charge < -0.3 is 15.4 Å². The van der Waals surface area contributed by atoms with Crippen LogP contribution in [0.15, 0.2) is 42.7 Å². The number of nitrogens with zero attached hydrogens (tertiary/aromatic N) is 2. The topological polar surface area (TPSA) is 59.1 Å². The number of rotatable bonds is 6. The molecule has 124 valence electrons. The summed E-state index contributed by atoms with van der Waals surface area (Å²) in [6, 6.07) is 10.3. The van der Waals surface area contributed by atoms with Gasteiger partial charge in [0.1, 0.15) is 18.0 Å². The molecule has 0 atom stereocenters. The molecule has 5 nitrogen and oxygen atoms in total. The molecule has 0 aliphatic carbocycles. The third-order valence-electron chi connectivity index (χ3n) is 3.45. The molecule has 7 heteroatoms. The lowest BCUT2D eigenvalue weighted by molar-refractivity contribution is 0.211. The van der Waals surface area contributed by atoms with E-state index in [1.165, 1.54) is 18.5 Å². The van der Waals surface area contributed by atoms with Crippen LogP contribution in [0, 0.1) is 5.82 Å². The molecule has 0 saturated heterocycles. The van der Waals surface area contributed by atoms with Crippen molar-refractivity contribution in [2.75, 3.05) is 30.9 Å². The van der Waals surface area contributed by atoms with Gasteiger partial charge in [-0.15, -0.1) is 0 Å². The lowest BCUT2D eigenvalue weighted by atomic mass is 10.2. The normalized spacial score (nSPS) is 10.8. The number of nitrogens with one attached hydrogen (secondary N) is 2. The number of ether oxygens (including phenoxy) is 1. The molecule has 0 saturated carbocycles. The Bertz CT molecular complexity index is 859. The van der Waals surface area contributed by atoms with Crippen LogP contribution in [0.2, 0.25) is 5.02 Å². The van der Waals surface area contributed by atoms with E-state index in [0.717, 1.165) is 16.6 Å². The van der Waals surface area contributed by atoms with E-state index in [4.69, 9.17) is 16.3 Å². The third kappa shape index (κ3) is 3.72. The van der Waals surface area contributed by atoms with Crippen molar-refractivity contribution in [2.45, 2.75) is 0 Å². The molecule has 3 aromatic rings. The molecule has 0 fully saturated rings. The Balaban J connectivity index is 1.91. The Hall–Kier alpha value is -2.44. The van der Waals surface area contributed by atoms with Crippen molar-refractivity contribution >= 4 is 39.7 Å². The fourth-order valence-corrected chi connectivity index (χ4v) is 2.45. The number of hydrogen-bond acceptors (Lipinski definition) is 5. The number of methoxy groups -OCH3 is 1. The van der Waals surface area contributed by atoms with Crippen LogP contribution < -0.4 is 10.6 Å². The van der Waals surface area contributed by atoms with Crippen molar-refractivity contribution in [3.05, 3.63) is 53.6 Å². The predicted molar refractivity (Wildman–Crippen MR) is 94.6 cm³/mol. The second kappa shape index (κ2) is 7.42. The summed E-state index contributed by atoms with van der Waals surface area (Å²) in [4.78, 5) is 8.54. The Morgan fingerprint density at radius 3 is 2.75 bits per heavy atom. The second-order valence-electron chi connectivity index (χ2n) is 5.13. The maximum absolute atomic E-state index is 13.3. The van der Waals surface area contributed by atoms with Gasteiger partial charge in [0.2, 0.25) is 0 Å². The van der Waals surface area contributed by atoms with Gasteiger partial charge in [0.25, 0.3) is 0 Å². The highest BCUT2D eigenvalue weighted by atomic mass is 35.5. The second-order valence-corrected chi connectivity index (χ2v) is 5.53. The van der Waals surface area contributed by atoms with Crippen molar-refractivity contribution in [3.63, 3.8) is 0 Å². The predicted octanol–water partition coefficient (Wildman–Crippen LogP) is 4.22. The van der Waals surface area contributed by atoms with Gasteiger partial charge in [-0.25, -0.2) is 14.4 Å². The molecule has 0 spiro atoms. The van der Waals surface area contributed by atoms with Crippen molar-refractivity contribution in [3.8, 4) is 0 Å². The van der Waals surface area contributed by atoms with Crippen LogP contribution >= 0.6 is 11.6 Å². The van der Waals surface area contributed by atoms with Crippen LogP contribution in [0.3, 0.4) is 0 Å². The van der Waals surface area contributed by atoms with Gasteiger partial charge in [-0.05, 0) is 36.4 Å². The van der Waals surface area contributed by atoms with Crippen molar-refractivity contribution in [2.24, 2.45) is 0 Å². The average Bonchev–Trinajstić information content (AvgIpc) is 2.59. The third-order valence-corrected chi connectivity index (χ3v) is 3.74. The minimum atomic E-state index is -0.459. The summed E-state index contributed by atoms with van der Waals surface area (Å²) in [6.45, 7) is 1.31. The van der Waals surface area contributed by atoms with E-state index >= 15 is 0 Å². The zero-order valence-corrected chi connectivity index (χ0v) is 13.8. The molecule has 0 bridgehead atoms.